The summed E-state index contributed by atoms with van der Waals surface area (Å²) in [5.74, 6) is -2.64. The number of sulfonamides is 1. The number of amides is 5. The third-order valence-electron chi connectivity index (χ3n) is 9.92. The molecule has 1 aliphatic heterocycles. The number of urea groups is 1. The number of fused-ring (bicyclic) bond motifs is 1. The molecular weight excluding hydrogens is 636 g/mol. The third kappa shape index (κ3) is 10.3. The van der Waals surface area contributed by atoms with Crippen molar-refractivity contribution in [2.24, 2.45) is 28.1 Å². The minimum Gasteiger partial charge on any atom is -0.346 e. The van der Waals surface area contributed by atoms with Gasteiger partial charge in [-0.2, -0.15) is 0 Å². The van der Waals surface area contributed by atoms with Crippen LogP contribution >= 0.6 is 0 Å². The first kappa shape index (κ1) is 41.2. The zero-order valence-electron chi connectivity index (χ0n) is 30.9. The highest BCUT2D eigenvalue weighted by atomic mass is 32.2. The van der Waals surface area contributed by atoms with E-state index in [2.05, 4.69) is 41.7 Å². The van der Waals surface area contributed by atoms with Gasteiger partial charge in [-0.1, -0.05) is 74.8 Å². The maximum Gasteiger partial charge on any atom is 0.315 e. The van der Waals surface area contributed by atoms with Crippen molar-refractivity contribution in [3.8, 4) is 0 Å². The predicted octanol–water partition coefficient (Wildman–Crippen LogP) is 2.43. The van der Waals surface area contributed by atoms with Gasteiger partial charge in [-0.05, 0) is 47.3 Å². The second kappa shape index (κ2) is 15.7. The van der Waals surface area contributed by atoms with E-state index < -0.39 is 74.6 Å². The standard InChI is InChI=1S/C34H60N6O7S/c1-13-15-23(26(41)29(43)35-18-14-2)36-28(42)25-21-16-17-34(9,10)22(21)19-40(25)30(44)27(33(6,7)8)38-31(45)37-24(32(3,4)5)20-39(11)48(12,46)47/h14,21-25,27H,2,13,15-20H2,1,3-12H3,(H,35,43)(H,36,42)(H2,37,38,45)/t21-,22-,23?,24+,25-,27+/m0/s1. The molecule has 1 aliphatic carbocycles. The van der Waals surface area contributed by atoms with E-state index in [4.69, 9.17) is 0 Å². The summed E-state index contributed by atoms with van der Waals surface area (Å²) in [6.45, 7) is 21.2. The summed E-state index contributed by atoms with van der Waals surface area (Å²) in [7, 11) is -2.06. The zero-order chi connectivity index (χ0) is 37.0. The molecule has 1 unspecified atom stereocenters. The number of ketones is 1. The normalized spacial score (nSPS) is 22.7. The fourth-order valence-corrected chi connectivity index (χ4v) is 7.10. The monoisotopic (exact) mass is 696 g/mol. The third-order valence-corrected chi connectivity index (χ3v) is 11.2. The molecule has 2 rings (SSSR count). The molecule has 0 aromatic rings. The van der Waals surface area contributed by atoms with Gasteiger partial charge in [-0.15, -0.1) is 6.58 Å². The first-order valence-corrected chi connectivity index (χ1v) is 18.7. The van der Waals surface area contributed by atoms with Gasteiger partial charge in [0.25, 0.3) is 5.91 Å². The summed E-state index contributed by atoms with van der Waals surface area (Å²) in [5.41, 5.74) is -1.43. The summed E-state index contributed by atoms with van der Waals surface area (Å²) < 4.78 is 25.4. The van der Waals surface area contributed by atoms with E-state index in [1.807, 2.05) is 48.5 Å². The van der Waals surface area contributed by atoms with Crippen LogP contribution in [0.15, 0.2) is 12.7 Å². The Balaban J connectivity index is 2.42. The topological polar surface area (TPSA) is 174 Å². The number of nitrogens with zero attached hydrogens (tertiary/aromatic N) is 2. The number of Topliss-reactive ketones (excluding diaryl/α,β-unsaturated/α-hetero) is 1. The minimum atomic E-state index is -3.51. The number of hydrogen-bond donors (Lipinski definition) is 4. The first-order valence-electron chi connectivity index (χ1n) is 16.9. The van der Waals surface area contributed by atoms with Crippen molar-refractivity contribution in [2.45, 2.75) is 112 Å². The van der Waals surface area contributed by atoms with Gasteiger partial charge in [-0.25, -0.2) is 17.5 Å². The number of carbonyl (C=O) groups excluding carboxylic acids is 5. The van der Waals surface area contributed by atoms with Gasteiger partial charge in [0.2, 0.25) is 27.6 Å². The SMILES string of the molecule is C=CCNC(=O)C(=O)C(CCC)NC(=O)[C@@H]1[C@H]2CCC(C)(C)[C@H]2CN1C(=O)[C@@H](NC(=O)N[C@H](CN(C)S(C)(=O)=O)C(C)(C)C)C(C)(C)C. The number of likely N-dealkylation sites (tertiary alicyclic amines) is 1. The average molecular weight is 697 g/mol. The second-order valence-corrected chi connectivity index (χ2v) is 18.4. The molecule has 274 valence electrons. The Morgan fingerprint density at radius 2 is 1.62 bits per heavy atom. The van der Waals surface area contributed by atoms with E-state index in [1.54, 1.807) is 4.90 Å². The molecule has 13 nitrogen and oxygen atoms in total. The van der Waals surface area contributed by atoms with Crippen LogP contribution in [-0.4, -0.2) is 104 Å². The Morgan fingerprint density at radius 1 is 1.02 bits per heavy atom. The van der Waals surface area contributed by atoms with E-state index in [-0.39, 0.29) is 36.8 Å². The molecule has 0 radical (unpaired) electrons. The zero-order valence-corrected chi connectivity index (χ0v) is 31.7. The molecule has 6 atom stereocenters. The van der Waals surface area contributed by atoms with Crippen LogP contribution in [0.2, 0.25) is 0 Å². The Labute approximate surface area is 287 Å². The van der Waals surface area contributed by atoms with E-state index in [1.165, 1.54) is 17.4 Å². The van der Waals surface area contributed by atoms with Gasteiger partial charge >= 0.3 is 6.03 Å². The van der Waals surface area contributed by atoms with Crippen molar-refractivity contribution >= 4 is 39.6 Å². The van der Waals surface area contributed by atoms with Crippen LogP contribution in [0.5, 0.6) is 0 Å². The van der Waals surface area contributed by atoms with Crippen LogP contribution in [0.25, 0.3) is 0 Å². The van der Waals surface area contributed by atoms with E-state index in [0.717, 1.165) is 12.7 Å². The largest absolute Gasteiger partial charge is 0.346 e. The molecule has 0 spiro atoms. The highest BCUT2D eigenvalue weighted by Crippen LogP contribution is 2.53. The van der Waals surface area contributed by atoms with Crippen molar-refractivity contribution < 1.29 is 32.4 Å². The molecule has 2 aliphatic rings. The summed E-state index contributed by atoms with van der Waals surface area (Å²) in [4.78, 5) is 69.3. The van der Waals surface area contributed by atoms with Crippen molar-refractivity contribution in [1.82, 2.24) is 30.5 Å². The fraction of sp³-hybridized carbons (Fsp3) is 0.794. The smallest absolute Gasteiger partial charge is 0.315 e. The van der Waals surface area contributed by atoms with E-state index >= 15 is 0 Å². The maximum atomic E-state index is 14.5. The number of hydrogen-bond acceptors (Lipinski definition) is 7. The number of carbonyl (C=O) groups is 5. The van der Waals surface area contributed by atoms with E-state index in [0.29, 0.717) is 19.4 Å². The molecule has 1 saturated heterocycles. The van der Waals surface area contributed by atoms with Crippen LogP contribution in [0.1, 0.15) is 88.0 Å². The molecule has 4 N–H and O–H groups in total. The quantitative estimate of drug-likeness (QED) is 0.159. The van der Waals surface area contributed by atoms with Gasteiger partial charge in [-0.3, -0.25) is 19.2 Å². The lowest BCUT2D eigenvalue weighted by molar-refractivity contribution is -0.144. The summed E-state index contributed by atoms with van der Waals surface area (Å²) in [5, 5.41) is 11.0. The van der Waals surface area contributed by atoms with Gasteiger partial charge in [0.15, 0.2) is 0 Å². The molecule has 1 heterocycles. The highest BCUT2D eigenvalue weighted by Gasteiger charge is 2.57. The maximum absolute atomic E-state index is 14.5. The summed E-state index contributed by atoms with van der Waals surface area (Å²) in [6, 6.07) is -4.21. The summed E-state index contributed by atoms with van der Waals surface area (Å²) in [6.07, 6.45) is 4.93. The lowest BCUT2D eigenvalue weighted by Gasteiger charge is -2.38. The highest BCUT2D eigenvalue weighted by molar-refractivity contribution is 7.88. The minimum absolute atomic E-state index is 0.0136. The van der Waals surface area contributed by atoms with Crippen molar-refractivity contribution in [3.05, 3.63) is 12.7 Å². The lowest BCUT2D eigenvalue weighted by atomic mass is 9.79. The van der Waals surface area contributed by atoms with Gasteiger partial charge < -0.3 is 26.2 Å². The van der Waals surface area contributed by atoms with Crippen molar-refractivity contribution in [1.29, 1.82) is 0 Å². The molecule has 5 amide bonds. The summed E-state index contributed by atoms with van der Waals surface area (Å²) >= 11 is 0. The van der Waals surface area contributed by atoms with Crippen LogP contribution in [0, 0.1) is 28.1 Å². The Kier molecular flexibility index (Phi) is 13.5. The Hall–Kier alpha value is -3.00. The number of nitrogens with one attached hydrogen (secondary N) is 4. The molecular formula is C34H60N6O7S. The second-order valence-electron chi connectivity index (χ2n) is 16.3. The molecule has 0 aromatic carbocycles. The first-order chi connectivity index (χ1) is 21.9. The van der Waals surface area contributed by atoms with Crippen molar-refractivity contribution in [2.75, 3.05) is 32.9 Å². The molecule has 1 saturated carbocycles. The molecule has 0 bridgehead atoms. The van der Waals surface area contributed by atoms with Crippen LogP contribution in [-0.2, 0) is 29.2 Å². The lowest BCUT2D eigenvalue weighted by Crippen LogP contribution is -2.62. The van der Waals surface area contributed by atoms with Crippen LogP contribution in [0.3, 0.4) is 0 Å². The molecule has 14 heteroatoms. The predicted molar refractivity (Wildman–Crippen MR) is 186 cm³/mol. The van der Waals surface area contributed by atoms with Crippen LogP contribution < -0.4 is 21.3 Å². The van der Waals surface area contributed by atoms with Crippen LogP contribution in [0.4, 0.5) is 4.79 Å². The van der Waals surface area contributed by atoms with Gasteiger partial charge in [0.1, 0.15) is 12.1 Å². The molecule has 48 heavy (non-hydrogen) atoms. The Morgan fingerprint density at radius 3 is 2.12 bits per heavy atom. The fourth-order valence-electron chi connectivity index (χ4n) is 6.68. The molecule has 2 fully saturated rings. The van der Waals surface area contributed by atoms with Crippen molar-refractivity contribution in [3.63, 3.8) is 0 Å². The van der Waals surface area contributed by atoms with Gasteiger partial charge in [0.05, 0.1) is 12.3 Å². The number of rotatable bonds is 14. The average Bonchev–Trinajstić information content (AvgIpc) is 3.48. The van der Waals surface area contributed by atoms with Gasteiger partial charge in [0, 0.05) is 32.7 Å². The Bertz CT molecular complexity index is 1330. The molecule has 0 aromatic heterocycles. The van der Waals surface area contributed by atoms with E-state index in [9.17, 15) is 32.4 Å². The number of likely N-dealkylation sites (N-methyl/N-ethyl adjacent to an activating group) is 1.